The maximum atomic E-state index is 11.1. The minimum absolute atomic E-state index is 0.0431. The van der Waals surface area contributed by atoms with Gasteiger partial charge in [-0.3, -0.25) is 4.79 Å². The summed E-state index contributed by atoms with van der Waals surface area (Å²) in [5.41, 5.74) is 1.20. The molecule has 0 saturated carbocycles. The van der Waals surface area contributed by atoms with Crippen molar-refractivity contribution in [2.75, 3.05) is 13.7 Å². The summed E-state index contributed by atoms with van der Waals surface area (Å²) in [4.78, 5) is 11.1. The average molecular weight is 435 g/mol. The Morgan fingerprint density at radius 1 is 0.871 bits per heavy atom. The van der Waals surface area contributed by atoms with Crippen molar-refractivity contribution >= 4 is 5.97 Å². The molecule has 1 aromatic carbocycles. The number of carbonyl (C=O) groups is 1. The maximum absolute atomic E-state index is 11.1. The van der Waals surface area contributed by atoms with Crippen molar-refractivity contribution in [1.29, 1.82) is 0 Å². The van der Waals surface area contributed by atoms with E-state index in [1.165, 1.54) is 58.5 Å². The highest BCUT2D eigenvalue weighted by Gasteiger charge is 2.21. The Morgan fingerprint density at radius 2 is 1.48 bits per heavy atom. The first-order valence-electron chi connectivity index (χ1n) is 12.4. The largest absolute Gasteiger partial charge is 0.508 e. The first kappa shape index (κ1) is 27.3. The fourth-order valence-electron chi connectivity index (χ4n) is 3.92. The molecule has 0 spiro atoms. The lowest BCUT2D eigenvalue weighted by Crippen LogP contribution is -2.17. The highest BCUT2D eigenvalue weighted by atomic mass is 16.5. The molecule has 0 saturated heterocycles. The molecule has 1 rings (SSSR count). The van der Waals surface area contributed by atoms with Crippen molar-refractivity contribution in [3.8, 4) is 11.5 Å². The zero-order chi connectivity index (χ0) is 23.0. The van der Waals surface area contributed by atoms with Crippen LogP contribution in [0.15, 0.2) is 18.2 Å². The van der Waals surface area contributed by atoms with Crippen LogP contribution in [0.1, 0.15) is 116 Å². The molecule has 1 aromatic rings. The number of aromatic hydroxyl groups is 1. The van der Waals surface area contributed by atoms with E-state index in [0.717, 1.165) is 43.4 Å². The summed E-state index contributed by atoms with van der Waals surface area (Å²) in [6.07, 6.45) is 15.8. The molecule has 0 unspecified atom stereocenters. The lowest BCUT2D eigenvalue weighted by atomic mass is 9.80. The number of esters is 1. The zero-order valence-corrected chi connectivity index (χ0v) is 20.5. The maximum Gasteiger partial charge on any atom is 0.305 e. The molecule has 178 valence electrons. The van der Waals surface area contributed by atoms with Crippen LogP contribution in [-0.2, 0) is 14.9 Å². The number of methoxy groups -OCH3 is 1. The van der Waals surface area contributed by atoms with Gasteiger partial charge in [0.1, 0.15) is 11.5 Å². The van der Waals surface area contributed by atoms with E-state index in [9.17, 15) is 9.90 Å². The summed E-state index contributed by atoms with van der Waals surface area (Å²) in [5.74, 6) is 0.970. The van der Waals surface area contributed by atoms with E-state index in [1.807, 2.05) is 6.07 Å². The summed E-state index contributed by atoms with van der Waals surface area (Å²) >= 11 is 0. The molecule has 1 N–H and O–H groups in total. The molecule has 0 radical (unpaired) electrons. The fourth-order valence-corrected chi connectivity index (χ4v) is 3.92. The van der Waals surface area contributed by atoms with E-state index in [-0.39, 0.29) is 11.4 Å². The number of hydrogen-bond donors (Lipinski definition) is 1. The monoisotopic (exact) mass is 434 g/mol. The smallest absolute Gasteiger partial charge is 0.305 e. The van der Waals surface area contributed by atoms with Gasteiger partial charge in [0.05, 0.1) is 13.7 Å². The minimum Gasteiger partial charge on any atom is -0.508 e. The molecule has 0 aromatic heterocycles. The van der Waals surface area contributed by atoms with Crippen LogP contribution in [0.2, 0.25) is 0 Å². The topological polar surface area (TPSA) is 55.8 Å². The first-order chi connectivity index (χ1) is 14.9. The van der Waals surface area contributed by atoms with Gasteiger partial charge >= 0.3 is 5.97 Å². The molecular formula is C27H46O4. The lowest BCUT2D eigenvalue weighted by molar-refractivity contribution is -0.140. The second kappa shape index (κ2) is 16.0. The molecule has 0 heterocycles. The van der Waals surface area contributed by atoms with Crippen LogP contribution < -0.4 is 4.74 Å². The molecule has 0 aliphatic carbocycles. The number of hydrogen-bond acceptors (Lipinski definition) is 4. The third-order valence-corrected chi connectivity index (χ3v) is 6.10. The van der Waals surface area contributed by atoms with Crippen LogP contribution in [0.3, 0.4) is 0 Å². The van der Waals surface area contributed by atoms with Crippen LogP contribution in [0, 0.1) is 0 Å². The Balaban J connectivity index is 2.22. The van der Waals surface area contributed by atoms with E-state index in [0.29, 0.717) is 18.8 Å². The van der Waals surface area contributed by atoms with Gasteiger partial charge < -0.3 is 14.6 Å². The van der Waals surface area contributed by atoms with E-state index in [2.05, 4.69) is 31.6 Å². The molecule has 0 atom stereocenters. The predicted octanol–water partition coefficient (Wildman–Crippen LogP) is 7.70. The number of rotatable bonds is 18. The molecule has 0 bridgehead atoms. The Hall–Kier alpha value is -1.71. The van der Waals surface area contributed by atoms with Crippen LogP contribution in [0.5, 0.6) is 11.5 Å². The van der Waals surface area contributed by atoms with Gasteiger partial charge in [-0.15, -0.1) is 0 Å². The zero-order valence-electron chi connectivity index (χ0n) is 20.5. The molecular weight excluding hydrogens is 388 g/mol. The number of ether oxygens (including phenoxy) is 2. The second-order valence-corrected chi connectivity index (χ2v) is 9.41. The summed E-state index contributed by atoms with van der Waals surface area (Å²) in [6, 6.07) is 5.72. The van der Waals surface area contributed by atoms with E-state index >= 15 is 0 Å². The molecule has 0 fully saturated rings. The van der Waals surface area contributed by atoms with Crippen molar-refractivity contribution in [1.82, 2.24) is 0 Å². The van der Waals surface area contributed by atoms with Gasteiger partial charge in [-0.25, -0.2) is 0 Å². The third kappa shape index (κ3) is 12.7. The fraction of sp³-hybridized carbons (Fsp3) is 0.741. The molecule has 0 aliphatic rings. The minimum atomic E-state index is -0.102. The number of phenols is 1. The van der Waals surface area contributed by atoms with Crippen LogP contribution in [0.25, 0.3) is 0 Å². The second-order valence-electron chi connectivity index (χ2n) is 9.41. The van der Waals surface area contributed by atoms with E-state index in [1.54, 1.807) is 6.07 Å². The lowest BCUT2D eigenvalue weighted by Gasteiger charge is -2.26. The third-order valence-electron chi connectivity index (χ3n) is 6.10. The van der Waals surface area contributed by atoms with Gasteiger partial charge in [0.25, 0.3) is 0 Å². The molecule has 4 heteroatoms. The average Bonchev–Trinajstić information content (AvgIpc) is 2.74. The van der Waals surface area contributed by atoms with E-state index < -0.39 is 0 Å². The van der Waals surface area contributed by atoms with Gasteiger partial charge in [-0.2, -0.15) is 0 Å². The molecule has 0 aliphatic heterocycles. The van der Waals surface area contributed by atoms with Gasteiger partial charge in [-0.1, -0.05) is 85.0 Å². The summed E-state index contributed by atoms with van der Waals surface area (Å²) < 4.78 is 10.6. The van der Waals surface area contributed by atoms with Gasteiger partial charge in [-0.05, 0) is 42.4 Å². The first-order valence-corrected chi connectivity index (χ1v) is 12.4. The van der Waals surface area contributed by atoms with Crippen LogP contribution in [0.4, 0.5) is 0 Å². The summed E-state index contributed by atoms with van der Waals surface area (Å²) in [7, 11) is 1.45. The van der Waals surface area contributed by atoms with Gasteiger partial charge in [0, 0.05) is 12.5 Å². The summed E-state index contributed by atoms with van der Waals surface area (Å²) in [5, 5.41) is 10.2. The van der Waals surface area contributed by atoms with Crippen LogP contribution in [-0.4, -0.2) is 24.8 Å². The van der Waals surface area contributed by atoms with Crippen molar-refractivity contribution in [3.63, 3.8) is 0 Å². The van der Waals surface area contributed by atoms with E-state index in [4.69, 9.17) is 4.74 Å². The Bertz CT molecular complexity index is 609. The van der Waals surface area contributed by atoms with Gasteiger partial charge in [0.2, 0.25) is 0 Å². The number of phenolic OH excluding ortho intramolecular Hbond substituents is 1. The molecule has 0 amide bonds. The normalized spacial score (nSPS) is 11.5. The number of unbranched alkanes of at least 4 members (excludes halogenated alkanes) is 10. The van der Waals surface area contributed by atoms with Crippen molar-refractivity contribution < 1.29 is 19.4 Å². The number of carbonyl (C=O) groups excluding carboxylic acids is 1. The standard InChI is InChI=1S/C27H46O4/c1-5-6-7-15-18-27(2,3)23-20-24(28)22-25(21-23)31-19-16-13-11-9-8-10-12-14-17-26(29)30-4/h20-22,28H,5-19H2,1-4H3. The highest BCUT2D eigenvalue weighted by molar-refractivity contribution is 5.68. The Morgan fingerprint density at radius 3 is 2.13 bits per heavy atom. The SMILES string of the molecule is CCCCCCC(C)(C)c1cc(O)cc(OCCCCCCCCCCC(=O)OC)c1. The number of benzene rings is 1. The van der Waals surface area contributed by atoms with Crippen LogP contribution >= 0.6 is 0 Å². The predicted molar refractivity (Wildman–Crippen MR) is 129 cm³/mol. The summed E-state index contributed by atoms with van der Waals surface area (Å²) in [6.45, 7) is 7.44. The molecule has 4 nitrogen and oxygen atoms in total. The molecule has 31 heavy (non-hydrogen) atoms. The van der Waals surface area contributed by atoms with Crippen molar-refractivity contribution in [2.45, 2.75) is 116 Å². The Labute approximate surface area is 190 Å². The highest BCUT2D eigenvalue weighted by Crippen LogP contribution is 2.34. The van der Waals surface area contributed by atoms with Crippen molar-refractivity contribution in [3.05, 3.63) is 23.8 Å². The van der Waals surface area contributed by atoms with Crippen molar-refractivity contribution in [2.24, 2.45) is 0 Å². The Kier molecular flexibility index (Phi) is 14.1. The van der Waals surface area contributed by atoms with Gasteiger partial charge in [0.15, 0.2) is 0 Å². The quantitative estimate of drug-likeness (QED) is 0.190.